The molecule has 0 aliphatic carbocycles. The number of anilines is 2. The first-order valence-corrected chi connectivity index (χ1v) is 6.18. The normalized spacial score (nSPS) is 15.8. The molecule has 2 heterocycles. The van der Waals surface area contributed by atoms with E-state index in [0.717, 1.165) is 32.0 Å². The molecule has 1 aliphatic rings. The lowest BCUT2D eigenvalue weighted by atomic mass is 10.1. The Morgan fingerprint density at radius 1 is 1.41 bits per heavy atom. The molecule has 1 aromatic rings. The van der Waals surface area contributed by atoms with Crippen molar-refractivity contribution in [3.05, 3.63) is 6.33 Å². The molecule has 94 valence electrons. The first-order valence-electron chi connectivity index (χ1n) is 6.18. The van der Waals surface area contributed by atoms with Crippen LogP contribution < -0.4 is 15.5 Å². The van der Waals surface area contributed by atoms with Crippen LogP contribution in [0.4, 0.5) is 11.9 Å². The van der Waals surface area contributed by atoms with Crippen LogP contribution in [0.3, 0.4) is 0 Å². The third-order valence-corrected chi connectivity index (χ3v) is 2.95. The van der Waals surface area contributed by atoms with Crippen molar-refractivity contribution in [3.63, 3.8) is 0 Å². The smallest absolute Gasteiger partial charge is 0.230 e. The van der Waals surface area contributed by atoms with Crippen LogP contribution in [0.2, 0.25) is 0 Å². The predicted octanol–water partition coefficient (Wildman–Crippen LogP) is 0.492. The topological polar surface area (TPSA) is 66.0 Å². The van der Waals surface area contributed by atoms with E-state index in [2.05, 4.69) is 37.4 Å². The van der Waals surface area contributed by atoms with Gasteiger partial charge >= 0.3 is 0 Å². The second-order valence-corrected chi connectivity index (χ2v) is 4.28. The number of aromatic nitrogens is 3. The Kier molecular flexibility index (Phi) is 4.08. The van der Waals surface area contributed by atoms with Gasteiger partial charge in [0.15, 0.2) is 0 Å². The van der Waals surface area contributed by atoms with E-state index in [1.807, 2.05) is 7.05 Å². The maximum Gasteiger partial charge on any atom is 0.230 e. The van der Waals surface area contributed by atoms with Crippen LogP contribution in [0.5, 0.6) is 0 Å². The molecule has 6 heteroatoms. The molecule has 0 spiro atoms. The molecule has 0 amide bonds. The van der Waals surface area contributed by atoms with Crippen molar-refractivity contribution in [3.8, 4) is 0 Å². The molecule has 1 aromatic heterocycles. The van der Waals surface area contributed by atoms with Gasteiger partial charge in [-0.1, -0.05) is 13.3 Å². The molecule has 1 saturated heterocycles. The lowest BCUT2D eigenvalue weighted by molar-refractivity contribution is 0.443. The Morgan fingerprint density at radius 3 is 2.94 bits per heavy atom. The quantitative estimate of drug-likeness (QED) is 0.701. The van der Waals surface area contributed by atoms with Crippen LogP contribution in [0.25, 0.3) is 0 Å². The lowest BCUT2D eigenvalue weighted by Gasteiger charge is -2.38. The van der Waals surface area contributed by atoms with E-state index in [1.165, 1.54) is 6.42 Å². The Bertz CT molecular complexity index is 350. The molecule has 1 fully saturated rings. The Balaban J connectivity index is 1.88. The van der Waals surface area contributed by atoms with E-state index in [9.17, 15) is 0 Å². The highest BCUT2D eigenvalue weighted by Crippen LogP contribution is 2.16. The molecule has 2 rings (SSSR count). The molecule has 0 saturated carbocycles. The van der Waals surface area contributed by atoms with E-state index in [1.54, 1.807) is 6.33 Å². The van der Waals surface area contributed by atoms with Gasteiger partial charge in [-0.2, -0.15) is 4.98 Å². The first-order chi connectivity index (χ1) is 8.33. The van der Waals surface area contributed by atoms with Crippen molar-refractivity contribution < 1.29 is 0 Å². The van der Waals surface area contributed by atoms with E-state index >= 15 is 0 Å². The number of nitrogens with one attached hydrogen (secondary N) is 2. The van der Waals surface area contributed by atoms with Gasteiger partial charge in [0.2, 0.25) is 11.9 Å². The van der Waals surface area contributed by atoms with Gasteiger partial charge in [0.25, 0.3) is 0 Å². The second-order valence-electron chi connectivity index (χ2n) is 4.28. The van der Waals surface area contributed by atoms with Crippen molar-refractivity contribution in [1.29, 1.82) is 0 Å². The fourth-order valence-corrected chi connectivity index (χ4v) is 1.73. The highest BCUT2D eigenvalue weighted by atomic mass is 15.3. The molecule has 0 radical (unpaired) electrons. The molecule has 0 atom stereocenters. The third-order valence-electron chi connectivity index (χ3n) is 2.95. The van der Waals surface area contributed by atoms with Gasteiger partial charge in [-0.05, 0) is 13.5 Å². The summed E-state index contributed by atoms with van der Waals surface area (Å²) in [6.45, 7) is 5.02. The summed E-state index contributed by atoms with van der Waals surface area (Å²) in [5, 5.41) is 6.44. The van der Waals surface area contributed by atoms with Crippen molar-refractivity contribution >= 4 is 11.9 Å². The van der Waals surface area contributed by atoms with Crippen molar-refractivity contribution in [2.45, 2.75) is 25.8 Å². The Labute approximate surface area is 102 Å². The lowest BCUT2D eigenvalue weighted by Crippen LogP contribution is -2.57. The molecular weight excluding hydrogens is 216 g/mol. The van der Waals surface area contributed by atoms with Gasteiger partial charge in [0, 0.05) is 25.7 Å². The number of unbranched alkanes of at least 4 members (excludes halogenated alkanes) is 1. The molecule has 0 unspecified atom stereocenters. The van der Waals surface area contributed by atoms with Gasteiger partial charge in [0.05, 0.1) is 0 Å². The molecule has 2 N–H and O–H groups in total. The number of nitrogens with zero attached hydrogens (tertiary/aromatic N) is 4. The van der Waals surface area contributed by atoms with Crippen LogP contribution in [0, 0.1) is 0 Å². The molecule has 1 aliphatic heterocycles. The summed E-state index contributed by atoms with van der Waals surface area (Å²) >= 11 is 0. The minimum Gasteiger partial charge on any atom is -0.354 e. The molecule has 6 nitrogen and oxygen atoms in total. The van der Waals surface area contributed by atoms with E-state index in [4.69, 9.17) is 0 Å². The fraction of sp³-hybridized carbons (Fsp3) is 0.727. The maximum atomic E-state index is 4.40. The van der Waals surface area contributed by atoms with Crippen LogP contribution >= 0.6 is 0 Å². The zero-order chi connectivity index (χ0) is 12.1. The number of likely N-dealkylation sites (N-methyl/N-ethyl adjacent to an activating group) is 1. The summed E-state index contributed by atoms with van der Waals surface area (Å²) < 4.78 is 0. The van der Waals surface area contributed by atoms with Crippen LogP contribution in [-0.2, 0) is 0 Å². The summed E-state index contributed by atoms with van der Waals surface area (Å²) in [5.41, 5.74) is 0. The second kappa shape index (κ2) is 5.77. The largest absolute Gasteiger partial charge is 0.354 e. The Hall–Kier alpha value is -1.43. The summed E-state index contributed by atoms with van der Waals surface area (Å²) in [5.74, 6) is 1.45. The zero-order valence-corrected chi connectivity index (χ0v) is 10.5. The summed E-state index contributed by atoms with van der Waals surface area (Å²) in [4.78, 5) is 14.9. The SMILES string of the molecule is CCCCNc1ncnc(N2CC(NC)C2)n1. The first kappa shape index (κ1) is 12.0. The van der Waals surface area contributed by atoms with Crippen LogP contribution in [0.15, 0.2) is 6.33 Å². The predicted molar refractivity (Wildman–Crippen MR) is 68.3 cm³/mol. The number of hydrogen-bond acceptors (Lipinski definition) is 6. The maximum absolute atomic E-state index is 4.40. The zero-order valence-electron chi connectivity index (χ0n) is 10.5. The number of rotatable bonds is 6. The van der Waals surface area contributed by atoms with Crippen molar-refractivity contribution in [2.75, 3.05) is 36.9 Å². The highest BCUT2D eigenvalue weighted by molar-refractivity contribution is 5.39. The monoisotopic (exact) mass is 236 g/mol. The minimum atomic E-state index is 0.559. The average molecular weight is 236 g/mol. The molecule has 17 heavy (non-hydrogen) atoms. The fourth-order valence-electron chi connectivity index (χ4n) is 1.73. The van der Waals surface area contributed by atoms with Crippen molar-refractivity contribution in [2.24, 2.45) is 0 Å². The van der Waals surface area contributed by atoms with E-state index in [-0.39, 0.29) is 0 Å². The van der Waals surface area contributed by atoms with Gasteiger partial charge in [-0.3, -0.25) is 0 Å². The van der Waals surface area contributed by atoms with Crippen LogP contribution in [0.1, 0.15) is 19.8 Å². The van der Waals surface area contributed by atoms with Gasteiger partial charge < -0.3 is 15.5 Å². The van der Waals surface area contributed by atoms with E-state index < -0.39 is 0 Å². The van der Waals surface area contributed by atoms with Gasteiger partial charge in [-0.25, -0.2) is 9.97 Å². The summed E-state index contributed by atoms with van der Waals surface area (Å²) in [7, 11) is 1.98. The summed E-state index contributed by atoms with van der Waals surface area (Å²) in [6, 6.07) is 0.559. The third kappa shape index (κ3) is 3.03. The Morgan fingerprint density at radius 2 is 2.24 bits per heavy atom. The number of hydrogen-bond donors (Lipinski definition) is 2. The minimum absolute atomic E-state index is 0.559. The van der Waals surface area contributed by atoms with E-state index in [0.29, 0.717) is 12.0 Å². The summed E-state index contributed by atoms with van der Waals surface area (Å²) in [6.07, 6.45) is 3.87. The standard InChI is InChI=1S/C11H20N6/c1-3-4-5-13-10-14-8-15-11(16-10)17-6-9(7-17)12-2/h8-9,12H,3-7H2,1-2H3,(H,13,14,15,16). The van der Waals surface area contributed by atoms with Gasteiger partial charge in [0.1, 0.15) is 6.33 Å². The molecule has 0 bridgehead atoms. The molecule has 0 aromatic carbocycles. The molecular formula is C11H20N6. The van der Waals surface area contributed by atoms with Crippen LogP contribution in [-0.4, -0.2) is 47.7 Å². The van der Waals surface area contributed by atoms with Crippen molar-refractivity contribution in [1.82, 2.24) is 20.3 Å². The highest BCUT2D eigenvalue weighted by Gasteiger charge is 2.27. The van der Waals surface area contributed by atoms with Gasteiger partial charge in [-0.15, -0.1) is 0 Å². The average Bonchev–Trinajstić information content (AvgIpc) is 2.29.